The summed E-state index contributed by atoms with van der Waals surface area (Å²) in [6.07, 6.45) is 0. The molecule has 0 bridgehead atoms. The lowest BCUT2D eigenvalue weighted by Gasteiger charge is -2.08. The van der Waals surface area contributed by atoms with Crippen LogP contribution in [0.15, 0.2) is 48.5 Å². The second-order valence-electron chi connectivity index (χ2n) is 5.38. The number of nitro benzene ring substituents is 1. The minimum absolute atomic E-state index is 0.0775. The Balaban J connectivity index is 1.98. The van der Waals surface area contributed by atoms with Crippen molar-refractivity contribution in [3.63, 3.8) is 0 Å². The van der Waals surface area contributed by atoms with Gasteiger partial charge in [-0.25, -0.2) is 14.4 Å². The molecule has 0 amide bonds. The van der Waals surface area contributed by atoms with Crippen LogP contribution in [0.5, 0.6) is 0 Å². The molecule has 2 rings (SSSR count). The van der Waals surface area contributed by atoms with E-state index in [9.17, 15) is 24.5 Å². The summed E-state index contributed by atoms with van der Waals surface area (Å²) in [6, 6.07) is 11.4. The lowest BCUT2D eigenvalue weighted by molar-refractivity contribution is -0.384. The minimum atomic E-state index is -0.898. The lowest BCUT2D eigenvalue weighted by Crippen LogP contribution is -2.15. The van der Waals surface area contributed by atoms with Crippen molar-refractivity contribution in [3.05, 3.63) is 75.3 Å². The van der Waals surface area contributed by atoms with E-state index in [0.717, 1.165) is 18.2 Å². The highest BCUT2D eigenvalue weighted by molar-refractivity contribution is 5.96. The molecule has 0 unspecified atom stereocenters. The zero-order valence-corrected chi connectivity index (χ0v) is 15.0. The van der Waals surface area contributed by atoms with Gasteiger partial charge in [0.15, 0.2) is 0 Å². The molecule has 0 N–H and O–H groups in total. The molecule has 0 spiro atoms. The van der Waals surface area contributed by atoms with Crippen molar-refractivity contribution < 1.29 is 33.5 Å². The SMILES string of the molecule is CCOC(=O)c1cc(C(=O)OCCOC(=O)c2ccccc2)cc([N+](=O)[O-])c1. The van der Waals surface area contributed by atoms with E-state index in [4.69, 9.17) is 14.2 Å². The van der Waals surface area contributed by atoms with Crippen LogP contribution < -0.4 is 0 Å². The Bertz CT molecular complexity index is 879. The van der Waals surface area contributed by atoms with Crippen molar-refractivity contribution in [1.29, 1.82) is 0 Å². The van der Waals surface area contributed by atoms with Gasteiger partial charge in [0.1, 0.15) is 13.2 Å². The predicted octanol–water partition coefficient (Wildman–Crippen LogP) is 2.79. The molecule has 0 aliphatic heterocycles. The van der Waals surface area contributed by atoms with Crippen LogP contribution in [-0.4, -0.2) is 42.7 Å². The second kappa shape index (κ2) is 9.81. The number of rotatable bonds is 8. The van der Waals surface area contributed by atoms with Gasteiger partial charge < -0.3 is 14.2 Å². The van der Waals surface area contributed by atoms with E-state index in [0.29, 0.717) is 5.56 Å². The van der Waals surface area contributed by atoms with Crippen molar-refractivity contribution in [2.24, 2.45) is 0 Å². The van der Waals surface area contributed by atoms with Gasteiger partial charge in [-0.15, -0.1) is 0 Å². The highest BCUT2D eigenvalue weighted by Gasteiger charge is 2.19. The number of carbonyl (C=O) groups is 3. The van der Waals surface area contributed by atoms with Crippen LogP contribution >= 0.6 is 0 Å². The Morgan fingerprint density at radius 1 is 0.821 bits per heavy atom. The first-order valence-electron chi connectivity index (χ1n) is 8.28. The van der Waals surface area contributed by atoms with Crippen LogP contribution in [0, 0.1) is 10.1 Å². The largest absolute Gasteiger partial charge is 0.462 e. The quantitative estimate of drug-likeness (QED) is 0.223. The molecular formula is C19H17NO8. The number of nitrogens with zero attached hydrogens (tertiary/aromatic N) is 1. The van der Waals surface area contributed by atoms with Crippen LogP contribution in [0.25, 0.3) is 0 Å². The predicted molar refractivity (Wildman–Crippen MR) is 96.1 cm³/mol. The molecule has 0 heterocycles. The van der Waals surface area contributed by atoms with E-state index in [2.05, 4.69) is 0 Å². The number of ether oxygens (including phenoxy) is 3. The molecule has 9 nitrogen and oxygen atoms in total. The first kappa shape index (κ1) is 20.6. The van der Waals surface area contributed by atoms with Crippen molar-refractivity contribution in [1.82, 2.24) is 0 Å². The Labute approximate surface area is 160 Å². The third-order valence-electron chi connectivity index (χ3n) is 3.43. The summed E-state index contributed by atoms with van der Waals surface area (Å²) in [5.41, 5.74) is -0.426. The van der Waals surface area contributed by atoms with E-state index < -0.39 is 28.5 Å². The molecule has 146 valence electrons. The van der Waals surface area contributed by atoms with Crippen LogP contribution in [-0.2, 0) is 14.2 Å². The summed E-state index contributed by atoms with van der Waals surface area (Å²) in [4.78, 5) is 46.0. The first-order valence-corrected chi connectivity index (χ1v) is 8.28. The normalized spacial score (nSPS) is 10.0. The Kier molecular flexibility index (Phi) is 7.21. The van der Waals surface area contributed by atoms with Gasteiger partial charge in [0.05, 0.1) is 28.2 Å². The van der Waals surface area contributed by atoms with Gasteiger partial charge in [-0.1, -0.05) is 18.2 Å². The summed E-state index contributed by atoms with van der Waals surface area (Å²) < 4.78 is 14.7. The number of hydrogen-bond donors (Lipinski definition) is 0. The number of esters is 3. The molecule has 2 aromatic carbocycles. The van der Waals surface area contributed by atoms with Gasteiger partial charge in [-0.2, -0.15) is 0 Å². The van der Waals surface area contributed by atoms with E-state index >= 15 is 0 Å². The molecule has 0 saturated carbocycles. The maximum absolute atomic E-state index is 12.1. The number of hydrogen-bond acceptors (Lipinski definition) is 8. The minimum Gasteiger partial charge on any atom is -0.462 e. The molecule has 0 fully saturated rings. The molecule has 28 heavy (non-hydrogen) atoms. The zero-order valence-electron chi connectivity index (χ0n) is 15.0. The van der Waals surface area contributed by atoms with E-state index in [1.54, 1.807) is 37.3 Å². The summed E-state index contributed by atoms with van der Waals surface area (Å²) in [5.74, 6) is -2.27. The standard InChI is InChI=1S/C19H17NO8/c1-2-26-18(22)14-10-15(12-16(11-14)20(24)25)19(23)28-9-8-27-17(21)13-6-4-3-5-7-13/h3-7,10-12H,2,8-9H2,1H3. The lowest BCUT2D eigenvalue weighted by atomic mass is 10.1. The number of benzene rings is 2. The molecular weight excluding hydrogens is 370 g/mol. The number of carbonyl (C=O) groups excluding carboxylic acids is 3. The second-order valence-corrected chi connectivity index (χ2v) is 5.38. The van der Waals surface area contributed by atoms with E-state index in [1.165, 1.54) is 0 Å². The van der Waals surface area contributed by atoms with Crippen LogP contribution in [0.2, 0.25) is 0 Å². The summed E-state index contributed by atoms with van der Waals surface area (Å²) in [6.45, 7) is 1.21. The summed E-state index contributed by atoms with van der Waals surface area (Å²) in [7, 11) is 0. The van der Waals surface area contributed by atoms with Crippen molar-refractivity contribution >= 4 is 23.6 Å². The fourth-order valence-corrected chi connectivity index (χ4v) is 2.18. The van der Waals surface area contributed by atoms with Crippen LogP contribution in [0.4, 0.5) is 5.69 Å². The van der Waals surface area contributed by atoms with E-state index in [1.807, 2.05) is 0 Å². The van der Waals surface area contributed by atoms with E-state index in [-0.39, 0.29) is 30.9 Å². The van der Waals surface area contributed by atoms with Crippen molar-refractivity contribution in [3.8, 4) is 0 Å². The molecule has 2 aromatic rings. The van der Waals surface area contributed by atoms with Gasteiger partial charge in [0.2, 0.25) is 0 Å². The monoisotopic (exact) mass is 387 g/mol. The zero-order chi connectivity index (χ0) is 20.5. The summed E-state index contributed by atoms with van der Waals surface area (Å²) >= 11 is 0. The smallest absolute Gasteiger partial charge is 0.338 e. The Hall–Kier alpha value is -3.75. The van der Waals surface area contributed by atoms with Crippen LogP contribution in [0.1, 0.15) is 38.0 Å². The third-order valence-corrected chi connectivity index (χ3v) is 3.43. The maximum Gasteiger partial charge on any atom is 0.338 e. The average molecular weight is 387 g/mol. The number of non-ortho nitro benzene ring substituents is 1. The Morgan fingerprint density at radius 3 is 1.82 bits per heavy atom. The third kappa shape index (κ3) is 5.63. The summed E-state index contributed by atoms with van der Waals surface area (Å²) in [5, 5.41) is 11.0. The molecule has 0 aliphatic carbocycles. The molecule has 0 aliphatic rings. The maximum atomic E-state index is 12.1. The fourth-order valence-electron chi connectivity index (χ4n) is 2.18. The molecule has 0 atom stereocenters. The Morgan fingerprint density at radius 2 is 1.32 bits per heavy atom. The fraction of sp³-hybridized carbons (Fsp3) is 0.211. The average Bonchev–Trinajstić information content (AvgIpc) is 2.71. The van der Waals surface area contributed by atoms with Crippen LogP contribution in [0.3, 0.4) is 0 Å². The van der Waals surface area contributed by atoms with Gasteiger partial charge in [-0.3, -0.25) is 10.1 Å². The molecule has 0 aromatic heterocycles. The highest BCUT2D eigenvalue weighted by atomic mass is 16.6. The molecule has 0 saturated heterocycles. The topological polar surface area (TPSA) is 122 Å². The van der Waals surface area contributed by atoms with Gasteiger partial charge >= 0.3 is 17.9 Å². The first-order chi connectivity index (χ1) is 13.4. The number of nitro groups is 1. The highest BCUT2D eigenvalue weighted by Crippen LogP contribution is 2.19. The molecule has 9 heteroatoms. The van der Waals surface area contributed by atoms with Gasteiger partial charge in [0.25, 0.3) is 5.69 Å². The van der Waals surface area contributed by atoms with Gasteiger partial charge in [-0.05, 0) is 25.1 Å². The van der Waals surface area contributed by atoms with Crippen molar-refractivity contribution in [2.75, 3.05) is 19.8 Å². The van der Waals surface area contributed by atoms with Crippen molar-refractivity contribution in [2.45, 2.75) is 6.92 Å². The van der Waals surface area contributed by atoms with Gasteiger partial charge in [0, 0.05) is 12.1 Å². The molecule has 0 radical (unpaired) electrons.